The number of hydrogen-bond donors (Lipinski definition) is 1. The lowest BCUT2D eigenvalue weighted by Crippen LogP contribution is -2.56. The van der Waals surface area contributed by atoms with E-state index in [1.165, 1.54) is 24.1 Å². The van der Waals surface area contributed by atoms with Gasteiger partial charge in [0.05, 0.1) is 17.7 Å². The van der Waals surface area contributed by atoms with E-state index >= 15 is 0 Å². The Balaban J connectivity index is 1.87. The number of para-hydroxylation sites is 2. The van der Waals surface area contributed by atoms with Gasteiger partial charge in [-0.2, -0.15) is 0 Å². The van der Waals surface area contributed by atoms with Gasteiger partial charge in [0, 0.05) is 28.5 Å². The maximum Gasteiger partial charge on any atom is 0.264 e. The SMILES string of the molecule is COc1ccccc1N(CC(=O)N(Cc1ccc(Cl)cc1Cl)[C@@H](Cc1ccccc1)C(=O)NC(C)(C)C)S(=O)(=O)c1ccc(C)cc1. The first kappa shape index (κ1) is 35.8. The number of anilines is 1. The Morgan fingerprint density at radius 3 is 2.15 bits per heavy atom. The molecule has 0 radical (unpaired) electrons. The summed E-state index contributed by atoms with van der Waals surface area (Å²) in [6.45, 7) is 6.69. The molecule has 4 aromatic carbocycles. The monoisotopic (exact) mass is 695 g/mol. The van der Waals surface area contributed by atoms with Gasteiger partial charge >= 0.3 is 0 Å². The van der Waals surface area contributed by atoms with Crippen LogP contribution in [0.1, 0.15) is 37.5 Å². The number of amides is 2. The number of carbonyl (C=O) groups excluding carboxylic acids is 2. The maximum atomic E-state index is 14.7. The van der Waals surface area contributed by atoms with Gasteiger partial charge in [0.15, 0.2) is 0 Å². The highest BCUT2D eigenvalue weighted by Crippen LogP contribution is 2.33. The third kappa shape index (κ3) is 9.28. The van der Waals surface area contributed by atoms with E-state index in [4.69, 9.17) is 27.9 Å². The Morgan fingerprint density at radius 2 is 1.53 bits per heavy atom. The van der Waals surface area contributed by atoms with Gasteiger partial charge in [-0.15, -0.1) is 0 Å². The molecule has 0 saturated heterocycles. The topological polar surface area (TPSA) is 96.0 Å². The molecule has 47 heavy (non-hydrogen) atoms. The lowest BCUT2D eigenvalue weighted by atomic mass is 10.0. The molecule has 0 aliphatic rings. The first-order chi connectivity index (χ1) is 22.2. The van der Waals surface area contributed by atoms with Crippen LogP contribution in [0.2, 0.25) is 10.0 Å². The minimum absolute atomic E-state index is 0.000382. The van der Waals surface area contributed by atoms with E-state index in [9.17, 15) is 18.0 Å². The van der Waals surface area contributed by atoms with Gasteiger partial charge in [-0.3, -0.25) is 13.9 Å². The van der Waals surface area contributed by atoms with Gasteiger partial charge in [-0.05, 0) is 75.2 Å². The van der Waals surface area contributed by atoms with E-state index in [1.54, 1.807) is 54.6 Å². The molecule has 0 aliphatic heterocycles. The van der Waals surface area contributed by atoms with Crippen LogP contribution >= 0.6 is 23.2 Å². The van der Waals surface area contributed by atoms with Crippen LogP contribution < -0.4 is 14.4 Å². The second-order valence-corrected chi connectivity index (χ2v) is 14.9. The van der Waals surface area contributed by atoms with Crippen molar-refractivity contribution in [2.24, 2.45) is 0 Å². The number of methoxy groups -OCH3 is 1. The van der Waals surface area contributed by atoms with Gasteiger partial charge in [-0.1, -0.05) is 89.4 Å². The zero-order valence-electron chi connectivity index (χ0n) is 27.0. The minimum Gasteiger partial charge on any atom is -0.495 e. The Morgan fingerprint density at radius 1 is 0.894 bits per heavy atom. The summed E-state index contributed by atoms with van der Waals surface area (Å²) in [5.74, 6) is -0.762. The molecule has 8 nitrogen and oxygen atoms in total. The zero-order valence-corrected chi connectivity index (χ0v) is 29.4. The smallest absolute Gasteiger partial charge is 0.264 e. The van der Waals surface area contributed by atoms with Crippen LogP contribution in [0.3, 0.4) is 0 Å². The Hall–Kier alpha value is -4.05. The number of halogens is 2. The average Bonchev–Trinajstić information content (AvgIpc) is 3.02. The molecule has 0 spiro atoms. The van der Waals surface area contributed by atoms with Crippen molar-refractivity contribution < 1.29 is 22.7 Å². The third-order valence-electron chi connectivity index (χ3n) is 7.37. The van der Waals surface area contributed by atoms with Gasteiger partial charge < -0.3 is 15.0 Å². The van der Waals surface area contributed by atoms with Crippen LogP contribution in [0.25, 0.3) is 0 Å². The molecule has 0 saturated carbocycles. The fourth-order valence-electron chi connectivity index (χ4n) is 5.03. The standard InChI is InChI=1S/C36H39Cl2N3O5S/c1-25-15-19-29(20-16-25)47(44,45)41(31-13-9-10-14-33(31)46-5)24-34(42)40(23-27-17-18-28(37)22-30(27)38)32(35(43)39-36(2,3)4)21-26-11-7-6-8-12-26/h6-20,22,32H,21,23-24H2,1-5H3,(H,39,43)/t32-/m0/s1. The second-order valence-electron chi connectivity index (χ2n) is 12.2. The van der Waals surface area contributed by atoms with Crippen molar-refractivity contribution in [2.75, 3.05) is 18.0 Å². The Bertz CT molecular complexity index is 1810. The first-order valence-electron chi connectivity index (χ1n) is 15.0. The van der Waals surface area contributed by atoms with E-state index in [1.807, 2.05) is 58.0 Å². The maximum absolute atomic E-state index is 14.7. The number of carbonyl (C=O) groups is 2. The molecule has 248 valence electrons. The molecule has 0 aromatic heterocycles. The third-order valence-corrected chi connectivity index (χ3v) is 9.73. The van der Waals surface area contributed by atoms with Crippen LogP contribution in [0.5, 0.6) is 5.75 Å². The highest BCUT2D eigenvalue weighted by atomic mass is 35.5. The second kappa shape index (κ2) is 15.2. The predicted octanol–water partition coefficient (Wildman–Crippen LogP) is 7.06. The van der Waals surface area contributed by atoms with E-state index in [0.717, 1.165) is 15.4 Å². The summed E-state index contributed by atoms with van der Waals surface area (Å²) in [5, 5.41) is 3.73. The van der Waals surface area contributed by atoms with Crippen molar-refractivity contribution in [3.8, 4) is 5.75 Å². The van der Waals surface area contributed by atoms with Crippen LogP contribution in [0.4, 0.5) is 5.69 Å². The zero-order chi connectivity index (χ0) is 34.4. The number of nitrogens with one attached hydrogen (secondary N) is 1. The largest absolute Gasteiger partial charge is 0.495 e. The number of ether oxygens (including phenoxy) is 1. The summed E-state index contributed by atoms with van der Waals surface area (Å²) in [7, 11) is -2.86. The van der Waals surface area contributed by atoms with E-state index in [0.29, 0.717) is 15.6 Å². The molecule has 0 bridgehead atoms. The number of benzene rings is 4. The van der Waals surface area contributed by atoms with Crippen LogP contribution in [0.15, 0.2) is 102 Å². The summed E-state index contributed by atoms with van der Waals surface area (Å²) >= 11 is 12.8. The van der Waals surface area contributed by atoms with Gasteiger partial charge in [-0.25, -0.2) is 8.42 Å². The Labute approximate surface area is 287 Å². The molecule has 11 heteroatoms. The highest BCUT2D eigenvalue weighted by Gasteiger charge is 2.36. The molecule has 2 amide bonds. The van der Waals surface area contributed by atoms with Crippen molar-refractivity contribution >= 4 is 50.7 Å². The number of nitrogens with zero attached hydrogens (tertiary/aromatic N) is 2. The van der Waals surface area contributed by atoms with Gasteiger partial charge in [0.2, 0.25) is 11.8 Å². The van der Waals surface area contributed by atoms with Gasteiger partial charge in [0.25, 0.3) is 10.0 Å². The summed E-state index contributed by atoms with van der Waals surface area (Å²) in [6, 6.07) is 26.1. The molecule has 4 aromatic rings. The first-order valence-corrected chi connectivity index (χ1v) is 17.2. The predicted molar refractivity (Wildman–Crippen MR) is 188 cm³/mol. The molecular formula is C36H39Cl2N3O5S. The summed E-state index contributed by atoms with van der Waals surface area (Å²) in [5.41, 5.74) is 1.79. The normalized spacial score (nSPS) is 12.2. The number of aryl methyl sites for hydroxylation is 1. The molecule has 0 heterocycles. The van der Waals surface area contributed by atoms with E-state index in [-0.39, 0.29) is 29.3 Å². The van der Waals surface area contributed by atoms with Crippen LogP contribution in [-0.2, 0) is 32.6 Å². The molecule has 0 fully saturated rings. The highest BCUT2D eigenvalue weighted by molar-refractivity contribution is 7.92. The molecule has 4 rings (SSSR count). The van der Waals surface area contributed by atoms with Crippen molar-refractivity contribution in [3.63, 3.8) is 0 Å². The number of sulfonamides is 1. The quantitative estimate of drug-likeness (QED) is 0.171. The van der Waals surface area contributed by atoms with Gasteiger partial charge in [0.1, 0.15) is 18.3 Å². The van der Waals surface area contributed by atoms with E-state index < -0.39 is 40.0 Å². The van der Waals surface area contributed by atoms with Crippen molar-refractivity contribution in [2.45, 2.75) is 57.1 Å². The lowest BCUT2D eigenvalue weighted by molar-refractivity contribution is -0.140. The summed E-state index contributed by atoms with van der Waals surface area (Å²) < 4.78 is 35.1. The van der Waals surface area contributed by atoms with Crippen molar-refractivity contribution in [3.05, 3.63) is 124 Å². The Kier molecular flexibility index (Phi) is 11.6. The molecular weight excluding hydrogens is 657 g/mol. The fourth-order valence-corrected chi connectivity index (χ4v) is 6.92. The van der Waals surface area contributed by atoms with E-state index in [2.05, 4.69) is 5.32 Å². The lowest BCUT2D eigenvalue weighted by Gasteiger charge is -2.35. The van der Waals surface area contributed by atoms with Crippen molar-refractivity contribution in [1.29, 1.82) is 0 Å². The minimum atomic E-state index is -4.29. The summed E-state index contributed by atoms with van der Waals surface area (Å²) in [6.07, 6.45) is 0.166. The van der Waals surface area contributed by atoms with Crippen LogP contribution in [0, 0.1) is 6.92 Å². The summed E-state index contributed by atoms with van der Waals surface area (Å²) in [4.78, 5) is 30.1. The van der Waals surface area contributed by atoms with Crippen molar-refractivity contribution in [1.82, 2.24) is 10.2 Å². The average molecular weight is 697 g/mol. The molecule has 0 aliphatic carbocycles. The molecule has 1 N–H and O–H groups in total. The molecule has 0 unspecified atom stereocenters. The fraction of sp³-hybridized carbons (Fsp3) is 0.278. The number of rotatable bonds is 12. The number of hydrogen-bond acceptors (Lipinski definition) is 5. The molecule has 1 atom stereocenters. The van der Waals surface area contributed by atoms with Crippen LogP contribution in [-0.4, -0.2) is 50.4 Å².